The van der Waals surface area contributed by atoms with Crippen LogP contribution >= 0.6 is 27.7 Å². The predicted octanol–water partition coefficient (Wildman–Crippen LogP) is 5.02. The predicted molar refractivity (Wildman–Crippen MR) is 145 cm³/mol. The Morgan fingerprint density at radius 2 is 1.85 bits per heavy atom. The number of thioether (sulfide) groups is 1. The molecule has 0 N–H and O–H groups in total. The Kier molecular flexibility index (Phi) is 6.55. The molecule has 1 spiro atoms. The maximum Gasteiger partial charge on any atom is 0.237 e. The smallest absolute Gasteiger partial charge is 0.237 e. The topological polar surface area (TPSA) is 61.2 Å². The number of anilines is 1. The summed E-state index contributed by atoms with van der Waals surface area (Å²) in [5, 5.41) is 1.87. The molecule has 3 heterocycles. The van der Waals surface area contributed by atoms with Crippen LogP contribution in [-0.4, -0.2) is 65.1 Å². The Bertz CT molecular complexity index is 1280. The number of amides is 1. The van der Waals surface area contributed by atoms with Crippen LogP contribution in [0.4, 0.5) is 5.69 Å². The van der Waals surface area contributed by atoms with E-state index in [0.717, 1.165) is 63.3 Å². The molecule has 1 aromatic heterocycles. The van der Waals surface area contributed by atoms with Crippen molar-refractivity contribution in [3.8, 4) is 0 Å². The number of likely N-dealkylation sites (tertiary alicyclic amines) is 1. The first kappa shape index (κ1) is 23.2. The molecule has 2 aliphatic heterocycles. The third-order valence-corrected chi connectivity index (χ3v) is 7.89. The molecule has 34 heavy (non-hydrogen) atoms. The molecule has 0 atom stereocenters. The number of benzene rings is 2. The summed E-state index contributed by atoms with van der Waals surface area (Å²) in [5.41, 5.74) is 3.22. The largest absolute Gasteiger partial charge is 0.313 e. The number of hydrogen-bond acceptors (Lipinski definition) is 6. The molecule has 2 aromatic carbocycles. The van der Waals surface area contributed by atoms with Crippen LogP contribution in [0.25, 0.3) is 10.9 Å². The van der Waals surface area contributed by atoms with Crippen LogP contribution < -0.4 is 4.90 Å². The van der Waals surface area contributed by atoms with Crippen LogP contribution in [0.1, 0.15) is 18.4 Å². The Labute approximate surface area is 212 Å². The summed E-state index contributed by atoms with van der Waals surface area (Å²) >= 11 is 4.99. The summed E-state index contributed by atoms with van der Waals surface area (Å²) in [6.07, 6.45) is 3.54. The van der Waals surface area contributed by atoms with Gasteiger partial charge in [0.15, 0.2) is 5.66 Å². The van der Waals surface area contributed by atoms with Crippen molar-refractivity contribution in [3.63, 3.8) is 0 Å². The molecule has 174 valence electrons. The summed E-state index contributed by atoms with van der Waals surface area (Å²) in [7, 11) is 3.93. The third-order valence-electron chi connectivity index (χ3n) is 6.41. The molecule has 0 saturated carbocycles. The van der Waals surface area contributed by atoms with Crippen LogP contribution in [-0.2, 0) is 4.79 Å². The number of aromatic nitrogens is 1. The lowest BCUT2D eigenvalue weighted by atomic mass is 9.99. The molecule has 1 amide bonds. The molecular weight excluding hydrogens is 510 g/mol. The maximum atomic E-state index is 13.1. The highest BCUT2D eigenvalue weighted by Crippen LogP contribution is 2.35. The first-order chi connectivity index (χ1) is 16.4. The molecule has 1 saturated heterocycles. The number of aliphatic imine (C=N–C) groups is 2. The molecule has 0 bridgehead atoms. The molecule has 8 heteroatoms. The number of carbonyl (C=O) groups is 1. The third kappa shape index (κ3) is 4.80. The highest BCUT2D eigenvalue weighted by atomic mass is 79.9. The van der Waals surface area contributed by atoms with Crippen molar-refractivity contribution in [1.82, 2.24) is 9.88 Å². The number of nitrogens with zero attached hydrogens (tertiary/aromatic N) is 5. The second-order valence-corrected chi connectivity index (χ2v) is 10.7. The number of halogens is 1. The van der Waals surface area contributed by atoms with Gasteiger partial charge < -0.3 is 9.80 Å². The van der Waals surface area contributed by atoms with Gasteiger partial charge in [0.1, 0.15) is 5.04 Å². The van der Waals surface area contributed by atoms with E-state index in [2.05, 4.69) is 45.0 Å². The zero-order valence-corrected chi connectivity index (χ0v) is 21.6. The number of carbonyl (C=O) groups excluding carboxylic acids is 1. The van der Waals surface area contributed by atoms with E-state index in [-0.39, 0.29) is 11.7 Å². The van der Waals surface area contributed by atoms with Gasteiger partial charge >= 0.3 is 0 Å². The number of hydrogen-bond donors (Lipinski definition) is 0. The number of piperidine rings is 1. The molecule has 1 fully saturated rings. The van der Waals surface area contributed by atoms with Crippen molar-refractivity contribution in [2.75, 3.05) is 37.8 Å². The molecule has 2 aliphatic rings. The zero-order valence-electron chi connectivity index (χ0n) is 19.2. The van der Waals surface area contributed by atoms with Crippen molar-refractivity contribution >= 4 is 60.9 Å². The Morgan fingerprint density at radius 1 is 1.12 bits per heavy atom. The van der Waals surface area contributed by atoms with Crippen LogP contribution in [0.5, 0.6) is 0 Å². The first-order valence-corrected chi connectivity index (χ1v) is 13.1. The van der Waals surface area contributed by atoms with E-state index < -0.39 is 5.66 Å². The van der Waals surface area contributed by atoms with Gasteiger partial charge in [0.2, 0.25) is 5.91 Å². The second kappa shape index (κ2) is 9.60. The van der Waals surface area contributed by atoms with Gasteiger partial charge in [-0.15, -0.1) is 0 Å². The summed E-state index contributed by atoms with van der Waals surface area (Å²) < 4.78 is 1.02. The molecule has 0 unspecified atom stereocenters. The van der Waals surface area contributed by atoms with Crippen LogP contribution in [0.15, 0.2) is 75.3 Å². The SMILES string of the molecule is CN1CCC2(CC1)N=C(SCC(=O)N(C)c1cnc3ccccc3c1)C(c1ccc(Br)cc1)=N2. The van der Waals surface area contributed by atoms with Crippen molar-refractivity contribution in [3.05, 3.63) is 70.8 Å². The van der Waals surface area contributed by atoms with Crippen molar-refractivity contribution < 1.29 is 4.79 Å². The van der Waals surface area contributed by atoms with Crippen molar-refractivity contribution in [1.29, 1.82) is 0 Å². The number of fused-ring (bicyclic) bond motifs is 1. The van der Waals surface area contributed by atoms with Crippen LogP contribution in [0, 0.1) is 0 Å². The Morgan fingerprint density at radius 3 is 2.62 bits per heavy atom. The average molecular weight is 536 g/mol. The van der Waals surface area contributed by atoms with Gasteiger partial charge in [-0.05, 0) is 31.3 Å². The molecule has 3 aromatic rings. The van der Waals surface area contributed by atoms with E-state index in [0.29, 0.717) is 0 Å². The van der Waals surface area contributed by atoms with E-state index in [1.165, 1.54) is 11.8 Å². The second-order valence-electron chi connectivity index (χ2n) is 8.80. The summed E-state index contributed by atoms with van der Waals surface area (Å²) in [5.74, 6) is 0.289. The Balaban J connectivity index is 1.35. The van der Waals surface area contributed by atoms with Crippen LogP contribution in [0.3, 0.4) is 0 Å². The first-order valence-electron chi connectivity index (χ1n) is 11.3. The maximum absolute atomic E-state index is 13.1. The van der Waals surface area contributed by atoms with Crippen molar-refractivity contribution in [2.45, 2.75) is 18.5 Å². The number of pyridine rings is 1. The lowest BCUT2D eigenvalue weighted by molar-refractivity contribution is -0.115. The standard InChI is InChI=1S/C26H26BrN5OS/c1-31-13-11-26(12-14-31)29-24(18-7-9-20(27)10-8-18)25(30-26)34-17-23(33)32(2)21-15-19-5-3-4-6-22(19)28-16-21/h3-10,15-16H,11-14,17H2,1-2H3. The minimum Gasteiger partial charge on any atom is -0.313 e. The number of rotatable bonds is 4. The van der Waals surface area contributed by atoms with E-state index in [1.807, 2.05) is 42.5 Å². The fourth-order valence-electron chi connectivity index (χ4n) is 4.23. The van der Waals surface area contributed by atoms with Gasteiger partial charge in [-0.3, -0.25) is 14.8 Å². The van der Waals surface area contributed by atoms with Gasteiger partial charge in [0.25, 0.3) is 0 Å². The van der Waals surface area contributed by atoms with Crippen LogP contribution in [0.2, 0.25) is 0 Å². The minimum absolute atomic E-state index is 0.00395. The average Bonchev–Trinajstić information content (AvgIpc) is 3.22. The summed E-state index contributed by atoms with van der Waals surface area (Å²) in [6.45, 7) is 1.93. The van der Waals surface area contributed by atoms with Gasteiger partial charge in [0.05, 0.1) is 28.9 Å². The highest BCUT2D eigenvalue weighted by Gasteiger charge is 2.39. The summed E-state index contributed by atoms with van der Waals surface area (Å²) in [4.78, 5) is 31.8. The van der Waals surface area contributed by atoms with Gasteiger partial charge in [-0.2, -0.15) is 0 Å². The lowest BCUT2D eigenvalue weighted by Gasteiger charge is -2.33. The quantitative estimate of drug-likeness (QED) is 0.470. The lowest BCUT2D eigenvalue weighted by Crippen LogP contribution is -2.39. The molecule has 5 rings (SSSR count). The van der Waals surface area contributed by atoms with Gasteiger partial charge in [-0.1, -0.05) is 58.0 Å². The fraction of sp³-hybridized carbons (Fsp3) is 0.308. The fourth-order valence-corrected chi connectivity index (χ4v) is 5.49. The van der Waals surface area contributed by atoms with Gasteiger partial charge in [-0.25, -0.2) is 4.99 Å². The summed E-state index contributed by atoms with van der Waals surface area (Å²) in [6, 6.07) is 18.1. The van der Waals surface area contributed by atoms with Crippen molar-refractivity contribution in [2.24, 2.45) is 9.98 Å². The molecule has 0 radical (unpaired) electrons. The van der Waals surface area contributed by atoms with E-state index >= 15 is 0 Å². The Hall–Kier alpha value is -2.55. The van der Waals surface area contributed by atoms with E-state index in [9.17, 15) is 4.79 Å². The minimum atomic E-state index is -0.408. The zero-order chi connectivity index (χ0) is 23.7. The molecule has 0 aliphatic carbocycles. The van der Waals surface area contributed by atoms with E-state index in [4.69, 9.17) is 9.98 Å². The van der Waals surface area contributed by atoms with E-state index in [1.54, 1.807) is 18.1 Å². The van der Waals surface area contributed by atoms with Gasteiger partial charge in [0, 0.05) is 48.4 Å². The number of para-hydroxylation sites is 1. The normalized spacial score (nSPS) is 17.6. The molecule has 6 nitrogen and oxygen atoms in total. The molecular formula is C26H26BrN5OS. The monoisotopic (exact) mass is 535 g/mol. The highest BCUT2D eigenvalue weighted by molar-refractivity contribution is 9.10.